The molecule has 1 aliphatic heterocycles. The summed E-state index contributed by atoms with van der Waals surface area (Å²) in [6, 6.07) is 0. The third-order valence-electron chi connectivity index (χ3n) is 2.42. The Hall–Kier alpha value is -0.120. The molecule has 0 aliphatic carbocycles. The molecule has 0 aromatic rings. The number of methoxy groups -OCH3 is 1. The molecule has 1 fully saturated rings. The van der Waals surface area contributed by atoms with E-state index in [1.165, 1.54) is 0 Å². The molecule has 0 radical (unpaired) electrons. The first-order valence-corrected chi connectivity index (χ1v) is 4.09. The molecule has 0 aromatic heterocycles. The summed E-state index contributed by atoms with van der Waals surface area (Å²) in [4.78, 5) is 0. The summed E-state index contributed by atoms with van der Waals surface area (Å²) in [5.74, 6) is 0. The predicted molar refractivity (Wildman–Crippen MR) is 43.4 cm³/mol. The van der Waals surface area contributed by atoms with E-state index in [1.54, 1.807) is 7.11 Å². The van der Waals surface area contributed by atoms with E-state index in [4.69, 9.17) is 15.2 Å². The molecule has 1 rings (SSSR count). The van der Waals surface area contributed by atoms with Crippen molar-refractivity contribution in [2.75, 3.05) is 20.3 Å². The maximum Gasteiger partial charge on any atom is 0.0846 e. The number of ether oxygens (including phenoxy) is 2. The van der Waals surface area contributed by atoms with Gasteiger partial charge in [-0.1, -0.05) is 0 Å². The highest BCUT2D eigenvalue weighted by Crippen LogP contribution is 2.26. The summed E-state index contributed by atoms with van der Waals surface area (Å²) < 4.78 is 10.8. The van der Waals surface area contributed by atoms with Crippen LogP contribution in [0.25, 0.3) is 0 Å². The zero-order chi connectivity index (χ0) is 8.32. The van der Waals surface area contributed by atoms with E-state index in [1.807, 2.05) is 0 Å². The number of hydrogen-bond donors (Lipinski definition) is 1. The molecule has 66 valence electrons. The van der Waals surface area contributed by atoms with Crippen LogP contribution in [0.15, 0.2) is 0 Å². The molecule has 3 nitrogen and oxygen atoms in total. The van der Waals surface area contributed by atoms with Crippen molar-refractivity contribution in [2.24, 2.45) is 5.73 Å². The molecule has 2 atom stereocenters. The van der Waals surface area contributed by atoms with Gasteiger partial charge in [-0.25, -0.2) is 0 Å². The second kappa shape index (κ2) is 3.52. The van der Waals surface area contributed by atoms with Crippen LogP contribution in [-0.2, 0) is 9.47 Å². The van der Waals surface area contributed by atoms with Crippen molar-refractivity contribution in [3.05, 3.63) is 0 Å². The van der Waals surface area contributed by atoms with Crippen LogP contribution < -0.4 is 5.73 Å². The Morgan fingerprint density at radius 3 is 2.82 bits per heavy atom. The summed E-state index contributed by atoms with van der Waals surface area (Å²) in [5.41, 5.74) is 5.52. The van der Waals surface area contributed by atoms with Crippen molar-refractivity contribution >= 4 is 0 Å². The minimum absolute atomic E-state index is 0.113. The first-order valence-electron chi connectivity index (χ1n) is 4.09. The quantitative estimate of drug-likeness (QED) is 0.639. The van der Waals surface area contributed by atoms with Crippen molar-refractivity contribution in [3.63, 3.8) is 0 Å². The molecule has 0 bridgehead atoms. The molecule has 2 unspecified atom stereocenters. The average molecular weight is 159 g/mol. The SMILES string of the molecule is COC1(CN)CCOC(C)C1. The van der Waals surface area contributed by atoms with Crippen LogP contribution in [0.3, 0.4) is 0 Å². The predicted octanol–water partition coefficient (Wildman–Crippen LogP) is 0.529. The molecule has 11 heavy (non-hydrogen) atoms. The molecular weight excluding hydrogens is 142 g/mol. The monoisotopic (exact) mass is 159 g/mol. The molecule has 1 saturated heterocycles. The van der Waals surface area contributed by atoms with Gasteiger partial charge in [-0.2, -0.15) is 0 Å². The minimum Gasteiger partial charge on any atom is -0.378 e. The van der Waals surface area contributed by atoms with Crippen molar-refractivity contribution < 1.29 is 9.47 Å². The van der Waals surface area contributed by atoms with Gasteiger partial charge in [-0.15, -0.1) is 0 Å². The first-order chi connectivity index (χ1) is 5.22. The fraction of sp³-hybridized carbons (Fsp3) is 1.00. The molecular formula is C8H17NO2. The fourth-order valence-corrected chi connectivity index (χ4v) is 1.59. The highest BCUT2D eigenvalue weighted by molar-refractivity contribution is 4.86. The Kier molecular flexibility index (Phi) is 2.87. The van der Waals surface area contributed by atoms with E-state index < -0.39 is 0 Å². The lowest BCUT2D eigenvalue weighted by Gasteiger charge is -2.37. The Morgan fingerprint density at radius 1 is 1.73 bits per heavy atom. The van der Waals surface area contributed by atoms with Gasteiger partial charge < -0.3 is 15.2 Å². The second-order valence-electron chi connectivity index (χ2n) is 3.23. The van der Waals surface area contributed by atoms with Gasteiger partial charge in [0.2, 0.25) is 0 Å². The summed E-state index contributed by atoms with van der Waals surface area (Å²) in [6.45, 7) is 3.42. The Balaban J connectivity index is 2.52. The molecule has 1 aliphatic rings. The Bertz CT molecular complexity index is 123. The number of hydrogen-bond acceptors (Lipinski definition) is 3. The first kappa shape index (κ1) is 8.97. The lowest BCUT2D eigenvalue weighted by atomic mass is 9.91. The number of rotatable bonds is 2. The van der Waals surface area contributed by atoms with Crippen LogP contribution in [0.5, 0.6) is 0 Å². The standard InChI is InChI=1S/C8H17NO2/c1-7-5-8(6-9,10-2)3-4-11-7/h7H,3-6,9H2,1-2H3. The van der Waals surface area contributed by atoms with Crippen molar-refractivity contribution in [3.8, 4) is 0 Å². The largest absolute Gasteiger partial charge is 0.378 e. The van der Waals surface area contributed by atoms with Crippen molar-refractivity contribution in [1.82, 2.24) is 0 Å². The van der Waals surface area contributed by atoms with Crippen molar-refractivity contribution in [2.45, 2.75) is 31.5 Å². The summed E-state index contributed by atoms with van der Waals surface area (Å²) >= 11 is 0. The third kappa shape index (κ3) is 1.92. The van der Waals surface area contributed by atoms with Crippen LogP contribution >= 0.6 is 0 Å². The third-order valence-corrected chi connectivity index (χ3v) is 2.42. The van der Waals surface area contributed by atoms with Gasteiger partial charge in [0.05, 0.1) is 11.7 Å². The second-order valence-corrected chi connectivity index (χ2v) is 3.23. The topological polar surface area (TPSA) is 44.5 Å². The fourth-order valence-electron chi connectivity index (χ4n) is 1.59. The van der Waals surface area contributed by atoms with E-state index in [2.05, 4.69) is 6.92 Å². The smallest absolute Gasteiger partial charge is 0.0846 e. The normalized spacial score (nSPS) is 39.0. The van der Waals surface area contributed by atoms with Gasteiger partial charge in [-0.05, 0) is 6.92 Å². The summed E-state index contributed by atoms with van der Waals surface area (Å²) in [5, 5.41) is 0. The van der Waals surface area contributed by atoms with E-state index in [0.29, 0.717) is 6.54 Å². The maximum atomic E-state index is 5.63. The van der Waals surface area contributed by atoms with Crippen LogP contribution in [-0.4, -0.2) is 32.0 Å². The summed E-state index contributed by atoms with van der Waals surface area (Å²) in [7, 11) is 1.73. The van der Waals surface area contributed by atoms with Crippen LogP contribution in [0.2, 0.25) is 0 Å². The highest BCUT2D eigenvalue weighted by atomic mass is 16.5. The van der Waals surface area contributed by atoms with E-state index >= 15 is 0 Å². The Morgan fingerprint density at radius 2 is 2.45 bits per heavy atom. The molecule has 1 heterocycles. The molecule has 0 amide bonds. The molecule has 0 aromatic carbocycles. The van der Waals surface area contributed by atoms with Crippen LogP contribution in [0.1, 0.15) is 19.8 Å². The van der Waals surface area contributed by atoms with Gasteiger partial charge in [-0.3, -0.25) is 0 Å². The van der Waals surface area contributed by atoms with E-state index in [-0.39, 0.29) is 11.7 Å². The van der Waals surface area contributed by atoms with Gasteiger partial charge in [0.1, 0.15) is 0 Å². The van der Waals surface area contributed by atoms with Gasteiger partial charge in [0.25, 0.3) is 0 Å². The van der Waals surface area contributed by atoms with Crippen molar-refractivity contribution in [1.29, 1.82) is 0 Å². The molecule has 3 heteroatoms. The van der Waals surface area contributed by atoms with Gasteiger partial charge >= 0.3 is 0 Å². The molecule has 0 saturated carbocycles. The maximum absolute atomic E-state index is 5.63. The zero-order valence-electron chi connectivity index (χ0n) is 7.30. The van der Waals surface area contributed by atoms with E-state index in [0.717, 1.165) is 19.4 Å². The number of nitrogens with two attached hydrogens (primary N) is 1. The van der Waals surface area contributed by atoms with Gasteiger partial charge in [0.15, 0.2) is 0 Å². The lowest BCUT2D eigenvalue weighted by Crippen LogP contribution is -2.47. The molecule has 0 spiro atoms. The summed E-state index contributed by atoms with van der Waals surface area (Å²) in [6.07, 6.45) is 2.12. The lowest BCUT2D eigenvalue weighted by molar-refractivity contribution is -0.111. The molecule has 2 N–H and O–H groups in total. The van der Waals surface area contributed by atoms with E-state index in [9.17, 15) is 0 Å². The van der Waals surface area contributed by atoms with Crippen LogP contribution in [0.4, 0.5) is 0 Å². The zero-order valence-corrected chi connectivity index (χ0v) is 7.30. The highest BCUT2D eigenvalue weighted by Gasteiger charge is 2.33. The van der Waals surface area contributed by atoms with Crippen LogP contribution in [0, 0.1) is 0 Å². The Labute approximate surface area is 67.9 Å². The minimum atomic E-state index is -0.113. The van der Waals surface area contributed by atoms with Gasteiger partial charge in [0, 0.05) is 33.1 Å². The average Bonchev–Trinajstić information content (AvgIpc) is 2.04.